The van der Waals surface area contributed by atoms with Gasteiger partial charge in [-0.05, 0) is 18.2 Å². The van der Waals surface area contributed by atoms with Gasteiger partial charge in [0.05, 0.1) is 34.8 Å². The topological polar surface area (TPSA) is 90.1 Å². The Bertz CT molecular complexity index is 783. The third-order valence-corrected chi connectivity index (χ3v) is 3.82. The summed E-state index contributed by atoms with van der Waals surface area (Å²) in [6.07, 6.45) is 1.42. The second kappa shape index (κ2) is 5.37. The van der Waals surface area contributed by atoms with Crippen LogP contribution in [0.5, 0.6) is 0 Å². The highest BCUT2D eigenvalue weighted by Crippen LogP contribution is 2.28. The number of hydrogen-bond acceptors (Lipinski definition) is 7. The molecule has 0 fully saturated rings. The summed E-state index contributed by atoms with van der Waals surface area (Å²) in [6, 6.07) is 9.37. The summed E-state index contributed by atoms with van der Waals surface area (Å²) < 4.78 is 5.76. The van der Waals surface area contributed by atoms with E-state index < -0.39 is 5.97 Å². The van der Waals surface area contributed by atoms with Crippen molar-refractivity contribution < 1.29 is 9.53 Å². The lowest BCUT2D eigenvalue weighted by molar-refractivity contribution is 0.0602. The number of nitrogen functional groups attached to an aromatic ring is 1. The molecule has 0 saturated carbocycles. The van der Waals surface area contributed by atoms with Crippen LogP contribution in [0, 0.1) is 0 Å². The maximum Gasteiger partial charge on any atom is 0.340 e. The summed E-state index contributed by atoms with van der Waals surface area (Å²) in [4.78, 5) is 20.2. The van der Waals surface area contributed by atoms with Crippen LogP contribution >= 0.6 is 11.3 Å². The van der Waals surface area contributed by atoms with E-state index in [9.17, 15) is 4.79 Å². The highest BCUT2D eigenvalue weighted by Gasteiger charge is 2.12. The third kappa shape index (κ3) is 2.63. The molecule has 3 rings (SSSR count). The van der Waals surface area contributed by atoms with E-state index in [0.29, 0.717) is 10.9 Å². The molecule has 106 valence electrons. The molecule has 0 amide bonds. The lowest BCUT2D eigenvalue weighted by Crippen LogP contribution is -2.07. The largest absolute Gasteiger partial charge is 0.465 e. The zero-order valence-corrected chi connectivity index (χ0v) is 12.0. The van der Waals surface area contributed by atoms with Crippen molar-refractivity contribution in [1.82, 2.24) is 9.97 Å². The number of pyridine rings is 1. The Morgan fingerprint density at radius 3 is 2.95 bits per heavy atom. The van der Waals surface area contributed by atoms with Gasteiger partial charge in [0.2, 0.25) is 0 Å². The van der Waals surface area contributed by atoms with Gasteiger partial charge in [0, 0.05) is 0 Å². The molecule has 0 spiro atoms. The zero-order chi connectivity index (χ0) is 14.8. The Morgan fingerprint density at radius 2 is 2.19 bits per heavy atom. The molecule has 0 aliphatic rings. The quantitative estimate of drug-likeness (QED) is 0.723. The number of fused-ring (bicyclic) bond motifs is 1. The number of rotatable bonds is 3. The van der Waals surface area contributed by atoms with Gasteiger partial charge in [0.25, 0.3) is 0 Å². The van der Waals surface area contributed by atoms with Crippen molar-refractivity contribution in [2.75, 3.05) is 18.2 Å². The summed E-state index contributed by atoms with van der Waals surface area (Å²) in [5.74, 6) is -0.00842. The van der Waals surface area contributed by atoms with Crippen molar-refractivity contribution in [3.05, 3.63) is 42.1 Å². The van der Waals surface area contributed by atoms with Crippen LogP contribution < -0.4 is 11.1 Å². The molecular weight excluding hydrogens is 288 g/mol. The molecule has 0 atom stereocenters. The lowest BCUT2D eigenvalue weighted by Gasteiger charge is -2.06. The molecule has 0 aliphatic carbocycles. The molecule has 0 unspecified atom stereocenters. The number of methoxy groups -OCH3 is 1. The highest BCUT2D eigenvalue weighted by atomic mass is 32.1. The summed E-state index contributed by atoms with van der Waals surface area (Å²) >= 11 is 1.51. The molecule has 3 N–H and O–H groups in total. The Hall–Kier alpha value is -2.67. The molecule has 0 radical (unpaired) electrons. The smallest absolute Gasteiger partial charge is 0.340 e. The van der Waals surface area contributed by atoms with E-state index >= 15 is 0 Å². The first-order chi connectivity index (χ1) is 10.2. The fraction of sp³-hybridized carbons (Fsp3) is 0.0714. The summed E-state index contributed by atoms with van der Waals surface area (Å²) in [5, 5.41) is 3.77. The Kier molecular flexibility index (Phi) is 3.41. The van der Waals surface area contributed by atoms with Crippen molar-refractivity contribution >= 4 is 44.2 Å². The second-order valence-corrected chi connectivity index (χ2v) is 5.29. The van der Waals surface area contributed by atoms with Crippen LogP contribution in [0.15, 0.2) is 36.5 Å². The van der Waals surface area contributed by atoms with Gasteiger partial charge in [-0.1, -0.05) is 23.5 Å². The number of ether oxygens (including phenoxy) is 1. The van der Waals surface area contributed by atoms with Gasteiger partial charge >= 0.3 is 5.97 Å². The van der Waals surface area contributed by atoms with Crippen LogP contribution in [0.1, 0.15) is 10.4 Å². The molecule has 0 bridgehead atoms. The van der Waals surface area contributed by atoms with Crippen molar-refractivity contribution in [2.45, 2.75) is 0 Å². The van der Waals surface area contributed by atoms with Crippen LogP contribution in [-0.4, -0.2) is 23.0 Å². The molecule has 6 nitrogen and oxygen atoms in total. The Morgan fingerprint density at radius 1 is 1.38 bits per heavy atom. The number of anilines is 3. The first-order valence-corrected chi connectivity index (χ1v) is 6.95. The van der Waals surface area contributed by atoms with Crippen molar-refractivity contribution in [3.8, 4) is 0 Å². The van der Waals surface area contributed by atoms with Crippen LogP contribution in [0.25, 0.3) is 10.2 Å². The minimum absolute atomic E-state index is 0.274. The van der Waals surface area contributed by atoms with Gasteiger partial charge in [-0.25, -0.2) is 14.8 Å². The van der Waals surface area contributed by atoms with E-state index in [1.54, 1.807) is 6.07 Å². The molecule has 1 aromatic carbocycles. The normalized spacial score (nSPS) is 10.5. The van der Waals surface area contributed by atoms with Gasteiger partial charge in [-0.2, -0.15) is 0 Å². The summed E-state index contributed by atoms with van der Waals surface area (Å²) in [6.45, 7) is 0. The Balaban J connectivity index is 1.92. The molecule has 7 heteroatoms. The van der Waals surface area contributed by atoms with Crippen molar-refractivity contribution in [2.24, 2.45) is 0 Å². The van der Waals surface area contributed by atoms with Crippen LogP contribution in [0.4, 0.5) is 16.6 Å². The van der Waals surface area contributed by atoms with Crippen LogP contribution in [-0.2, 0) is 4.74 Å². The number of nitrogens with one attached hydrogen (secondary N) is 1. The first-order valence-electron chi connectivity index (χ1n) is 6.14. The SMILES string of the molecule is COC(=O)c1cc(Nc2nc3ccccc3s2)ncc1N. The molecule has 3 aromatic rings. The van der Waals surface area contributed by atoms with Crippen LogP contribution in [0.3, 0.4) is 0 Å². The molecular formula is C14H12N4O2S. The highest BCUT2D eigenvalue weighted by molar-refractivity contribution is 7.22. The number of thiazole rings is 1. The minimum atomic E-state index is -0.498. The fourth-order valence-corrected chi connectivity index (χ4v) is 2.73. The number of benzene rings is 1. The number of nitrogens with zero attached hydrogens (tertiary/aromatic N) is 2. The predicted molar refractivity (Wildman–Crippen MR) is 82.9 cm³/mol. The number of carbonyl (C=O) groups excluding carboxylic acids is 1. The monoisotopic (exact) mass is 300 g/mol. The van der Waals surface area contributed by atoms with E-state index in [1.165, 1.54) is 24.6 Å². The average Bonchev–Trinajstić information content (AvgIpc) is 2.90. The number of hydrogen-bond donors (Lipinski definition) is 2. The van der Waals surface area contributed by atoms with Gasteiger partial charge < -0.3 is 15.8 Å². The maximum absolute atomic E-state index is 11.6. The van der Waals surface area contributed by atoms with Gasteiger partial charge in [0.1, 0.15) is 5.82 Å². The number of nitrogens with two attached hydrogens (primary N) is 1. The van der Waals surface area contributed by atoms with E-state index in [0.717, 1.165) is 10.2 Å². The molecule has 0 aliphatic heterocycles. The van der Waals surface area contributed by atoms with Gasteiger partial charge in [-0.3, -0.25) is 0 Å². The average molecular weight is 300 g/mol. The van der Waals surface area contributed by atoms with E-state index in [-0.39, 0.29) is 11.3 Å². The molecule has 2 aromatic heterocycles. The van der Waals surface area contributed by atoms with E-state index in [4.69, 9.17) is 5.73 Å². The van der Waals surface area contributed by atoms with Gasteiger partial charge in [0.15, 0.2) is 5.13 Å². The number of carbonyl (C=O) groups is 1. The van der Waals surface area contributed by atoms with Crippen molar-refractivity contribution in [3.63, 3.8) is 0 Å². The lowest BCUT2D eigenvalue weighted by atomic mass is 10.2. The second-order valence-electron chi connectivity index (χ2n) is 4.26. The van der Waals surface area contributed by atoms with Gasteiger partial charge in [-0.15, -0.1) is 0 Å². The summed E-state index contributed by atoms with van der Waals surface area (Å²) in [7, 11) is 1.31. The molecule has 2 heterocycles. The molecule has 21 heavy (non-hydrogen) atoms. The zero-order valence-electron chi connectivity index (χ0n) is 11.2. The summed E-state index contributed by atoms with van der Waals surface area (Å²) in [5.41, 5.74) is 7.18. The van der Waals surface area contributed by atoms with E-state index in [2.05, 4.69) is 20.0 Å². The molecule has 0 saturated heterocycles. The maximum atomic E-state index is 11.6. The van der Waals surface area contributed by atoms with Crippen LogP contribution in [0.2, 0.25) is 0 Å². The fourth-order valence-electron chi connectivity index (χ4n) is 1.86. The van der Waals surface area contributed by atoms with E-state index in [1.807, 2.05) is 24.3 Å². The van der Waals surface area contributed by atoms with Crippen molar-refractivity contribution in [1.29, 1.82) is 0 Å². The minimum Gasteiger partial charge on any atom is -0.465 e. The number of aromatic nitrogens is 2. The Labute approximate surface area is 124 Å². The number of para-hydroxylation sites is 1. The first kappa shape index (κ1) is 13.3. The number of esters is 1. The predicted octanol–water partition coefficient (Wildman–Crippen LogP) is 2.80. The third-order valence-electron chi connectivity index (χ3n) is 2.87. The standard InChI is InChI=1S/C14H12N4O2S/c1-20-13(19)8-6-12(16-7-9(8)15)18-14-17-10-4-2-3-5-11(10)21-14/h2-7H,15H2,1H3,(H,16,17,18).